The lowest BCUT2D eigenvalue weighted by Gasteiger charge is -2.12. The zero-order valence-electron chi connectivity index (χ0n) is 11.0. The molecule has 0 saturated heterocycles. The van der Waals surface area contributed by atoms with Crippen molar-refractivity contribution in [1.29, 1.82) is 0 Å². The number of hydrogen-bond acceptors (Lipinski definition) is 5. The third kappa shape index (κ3) is 3.32. The minimum absolute atomic E-state index is 0.473. The highest BCUT2D eigenvalue weighted by molar-refractivity contribution is 9.10. The molecular weight excluding hydrogens is 346 g/mol. The first-order chi connectivity index (χ1) is 9.65. The lowest BCUT2D eigenvalue weighted by Crippen LogP contribution is -2.06. The molecule has 0 spiro atoms. The van der Waals surface area contributed by atoms with Gasteiger partial charge in [0.2, 0.25) is 11.8 Å². The number of ether oxygens (including phenoxy) is 2. The molecular formula is C13H13BrClN3O2. The molecule has 0 saturated carbocycles. The SMILES string of the molecule is COc1ncnc(OC)c1CNc1ccc(Cl)c(Br)c1. The molecule has 0 amide bonds. The molecule has 1 aromatic heterocycles. The second-order valence-corrected chi connectivity index (χ2v) is 5.11. The Labute approximate surface area is 130 Å². The number of halogens is 2. The number of anilines is 1. The zero-order valence-corrected chi connectivity index (χ0v) is 13.3. The van der Waals surface area contributed by atoms with Gasteiger partial charge in [-0.2, -0.15) is 0 Å². The van der Waals surface area contributed by atoms with E-state index in [1.54, 1.807) is 14.2 Å². The van der Waals surface area contributed by atoms with Crippen LogP contribution < -0.4 is 14.8 Å². The Balaban J connectivity index is 2.19. The number of benzene rings is 1. The van der Waals surface area contributed by atoms with Crippen LogP contribution in [0, 0.1) is 0 Å². The molecule has 106 valence electrons. The molecule has 1 aromatic carbocycles. The summed E-state index contributed by atoms with van der Waals surface area (Å²) in [5.41, 5.74) is 1.66. The molecule has 2 aromatic rings. The van der Waals surface area contributed by atoms with Crippen LogP contribution in [0.15, 0.2) is 29.0 Å². The number of nitrogens with one attached hydrogen (secondary N) is 1. The summed E-state index contributed by atoms with van der Waals surface area (Å²) in [5, 5.41) is 3.91. The minimum Gasteiger partial charge on any atom is -0.481 e. The summed E-state index contributed by atoms with van der Waals surface area (Å²) in [7, 11) is 3.12. The molecule has 0 radical (unpaired) electrons. The van der Waals surface area contributed by atoms with E-state index in [0.717, 1.165) is 15.7 Å². The maximum atomic E-state index is 5.96. The van der Waals surface area contributed by atoms with Crippen molar-refractivity contribution in [2.45, 2.75) is 6.54 Å². The quantitative estimate of drug-likeness (QED) is 0.886. The topological polar surface area (TPSA) is 56.3 Å². The molecule has 0 unspecified atom stereocenters. The first-order valence-electron chi connectivity index (χ1n) is 5.76. The van der Waals surface area contributed by atoms with Crippen LogP contribution in [-0.4, -0.2) is 24.2 Å². The normalized spacial score (nSPS) is 10.2. The highest BCUT2D eigenvalue weighted by Gasteiger charge is 2.12. The molecule has 0 atom stereocenters. The Morgan fingerprint density at radius 3 is 2.40 bits per heavy atom. The minimum atomic E-state index is 0.473. The molecule has 5 nitrogen and oxygen atoms in total. The standard InChI is InChI=1S/C13H13BrClN3O2/c1-19-12-9(13(20-2)18-7-17-12)6-16-8-3-4-11(15)10(14)5-8/h3-5,7,16H,6H2,1-2H3. The van der Waals surface area contributed by atoms with Gasteiger partial charge in [0.25, 0.3) is 0 Å². The van der Waals surface area contributed by atoms with Gasteiger partial charge in [-0.3, -0.25) is 0 Å². The summed E-state index contributed by atoms with van der Waals surface area (Å²) in [6.45, 7) is 0.473. The molecule has 2 rings (SSSR count). The summed E-state index contributed by atoms with van der Waals surface area (Å²) in [5.74, 6) is 0.967. The summed E-state index contributed by atoms with van der Waals surface area (Å²) in [6, 6.07) is 5.59. The number of aromatic nitrogens is 2. The third-order valence-electron chi connectivity index (χ3n) is 2.64. The lowest BCUT2D eigenvalue weighted by molar-refractivity contribution is 0.363. The van der Waals surface area contributed by atoms with E-state index in [1.165, 1.54) is 6.33 Å². The van der Waals surface area contributed by atoms with Crippen LogP contribution in [0.25, 0.3) is 0 Å². The number of hydrogen-bond donors (Lipinski definition) is 1. The van der Waals surface area contributed by atoms with Gasteiger partial charge in [0.1, 0.15) is 6.33 Å². The average molecular weight is 359 g/mol. The molecule has 1 heterocycles. The number of rotatable bonds is 5. The van der Waals surface area contributed by atoms with Crippen molar-refractivity contribution in [2.24, 2.45) is 0 Å². The van der Waals surface area contributed by atoms with Gasteiger partial charge in [-0.15, -0.1) is 0 Å². The van der Waals surface area contributed by atoms with E-state index in [0.29, 0.717) is 23.3 Å². The molecule has 0 aliphatic carbocycles. The van der Waals surface area contributed by atoms with Crippen molar-refractivity contribution in [3.8, 4) is 11.8 Å². The summed E-state index contributed by atoms with van der Waals surface area (Å²) >= 11 is 9.34. The van der Waals surface area contributed by atoms with E-state index < -0.39 is 0 Å². The van der Waals surface area contributed by atoms with Crippen LogP contribution in [-0.2, 0) is 6.54 Å². The highest BCUT2D eigenvalue weighted by atomic mass is 79.9. The first-order valence-corrected chi connectivity index (χ1v) is 6.93. The van der Waals surface area contributed by atoms with Crippen LogP contribution in [0.5, 0.6) is 11.8 Å². The number of nitrogens with zero attached hydrogens (tertiary/aromatic N) is 2. The Kier molecular flexibility index (Phi) is 5.03. The molecule has 0 bridgehead atoms. The Morgan fingerprint density at radius 1 is 1.20 bits per heavy atom. The fourth-order valence-electron chi connectivity index (χ4n) is 1.68. The van der Waals surface area contributed by atoms with Gasteiger partial charge >= 0.3 is 0 Å². The van der Waals surface area contributed by atoms with Crippen molar-refractivity contribution in [2.75, 3.05) is 19.5 Å². The first kappa shape index (κ1) is 14.9. The molecule has 0 aliphatic heterocycles. The number of methoxy groups -OCH3 is 2. The molecule has 0 fully saturated rings. The van der Waals surface area contributed by atoms with Crippen molar-refractivity contribution in [3.05, 3.63) is 39.6 Å². The highest BCUT2D eigenvalue weighted by Crippen LogP contribution is 2.28. The van der Waals surface area contributed by atoms with Crippen molar-refractivity contribution in [3.63, 3.8) is 0 Å². The maximum absolute atomic E-state index is 5.96. The molecule has 1 N–H and O–H groups in total. The van der Waals surface area contributed by atoms with Gasteiger partial charge in [-0.1, -0.05) is 11.6 Å². The van der Waals surface area contributed by atoms with Gasteiger partial charge in [-0.25, -0.2) is 9.97 Å². The van der Waals surface area contributed by atoms with E-state index in [1.807, 2.05) is 18.2 Å². The fraction of sp³-hybridized carbons (Fsp3) is 0.231. The van der Waals surface area contributed by atoms with Crippen LogP contribution in [0.4, 0.5) is 5.69 Å². The Morgan fingerprint density at radius 2 is 1.85 bits per heavy atom. The van der Waals surface area contributed by atoms with Crippen molar-refractivity contribution < 1.29 is 9.47 Å². The van der Waals surface area contributed by atoms with Gasteiger partial charge in [-0.05, 0) is 34.1 Å². The van der Waals surface area contributed by atoms with Crippen molar-refractivity contribution >= 4 is 33.2 Å². The van der Waals surface area contributed by atoms with Crippen LogP contribution >= 0.6 is 27.5 Å². The average Bonchev–Trinajstić information content (AvgIpc) is 2.48. The molecule has 0 aliphatic rings. The fourth-order valence-corrected chi connectivity index (χ4v) is 2.18. The smallest absolute Gasteiger partial charge is 0.225 e. The predicted octanol–water partition coefficient (Wildman–Crippen LogP) is 3.52. The van der Waals surface area contributed by atoms with E-state index >= 15 is 0 Å². The monoisotopic (exact) mass is 357 g/mol. The van der Waals surface area contributed by atoms with Crippen molar-refractivity contribution in [1.82, 2.24) is 9.97 Å². The second kappa shape index (κ2) is 6.76. The second-order valence-electron chi connectivity index (χ2n) is 3.85. The summed E-state index contributed by atoms with van der Waals surface area (Å²) < 4.78 is 11.3. The Bertz CT molecular complexity index is 588. The van der Waals surface area contributed by atoms with Gasteiger partial charge in [0, 0.05) is 10.2 Å². The third-order valence-corrected chi connectivity index (χ3v) is 3.86. The molecule has 7 heteroatoms. The zero-order chi connectivity index (χ0) is 14.5. The van der Waals surface area contributed by atoms with Gasteiger partial charge < -0.3 is 14.8 Å². The van der Waals surface area contributed by atoms with E-state index in [2.05, 4.69) is 31.2 Å². The summed E-state index contributed by atoms with van der Waals surface area (Å²) in [6.07, 6.45) is 1.40. The van der Waals surface area contributed by atoms with Crippen LogP contribution in [0.1, 0.15) is 5.56 Å². The summed E-state index contributed by atoms with van der Waals surface area (Å²) in [4.78, 5) is 8.13. The largest absolute Gasteiger partial charge is 0.481 e. The van der Waals surface area contributed by atoms with E-state index in [-0.39, 0.29) is 0 Å². The maximum Gasteiger partial charge on any atom is 0.225 e. The lowest BCUT2D eigenvalue weighted by atomic mass is 10.2. The van der Waals surface area contributed by atoms with Gasteiger partial charge in [0.05, 0.1) is 31.4 Å². The van der Waals surface area contributed by atoms with E-state index in [9.17, 15) is 0 Å². The Hall–Kier alpha value is -1.53. The molecule has 20 heavy (non-hydrogen) atoms. The van der Waals surface area contributed by atoms with Gasteiger partial charge in [0.15, 0.2) is 0 Å². The predicted molar refractivity (Wildman–Crippen MR) is 81.6 cm³/mol. The van der Waals surface area contributed by atoms with Crippen LogP contribution in [0.2, 0.25) is 5.02 Å². The van der Waals surface area contributed by atoms with E-state index in [4.69, 9.17) is 21.1 Å². The van der Waals surface area contributed by atoms with Crippen LogP contribution in [0.3, 0.4) is 0 Å².